The summed E-state index contributed by atoms with van der Waals surface area (Å²) in [5.41, 5.74) is -0.830. The maximum atomic E-state index is 10.7. The first-order valence-corrected chi connectivity index (χ1v) is 3.83. The van der Waals surface area contributed by atoms with E-state index in [4.69, 9.17) is 5.11 Å². The van der Waals surface area contributed by atoms with Crippen molar-refractivity contribution in [3.05, 3.63) is 12.7 Å². The second-order valence-corrected chi connectivity index (χ2v) is 2.85. The quantitative estimate of drug-likeness (QED) is 0.512. The van der Waals surface area contributed by atoms with Crippen molar-refractivity contribution in [2.75, 3.05) is 0 Å². The van der Waals surface area contributed by atoms with Crippen LogP contribution in [0.3, 0.4) is 0 Å². The third kappa shape index (κ3) is 2.79. The average Bonchev–Trinajstić information content (AvgIpc) is 2.04. The molecular formula is C10H14O2. The molecule has 1 N–H and O–H groups in total. The van der Waals surface area contributed by atoms with Crippen LogP contribution in [-0.4, -0.2) is 11.1 Å². The monoisotopic (exact) mass is 166 g/mol. The average molecular weight is 166 g/mol. The Balaban J connectivity index is 4.21. The fourth-order valence-corrected chi connectivity index (χ4v) is 0.743. The van der Waals surface area contributed by atoms with Gasteiger partial charge in [0.25, 0.3) is 0 Å². The summed E-state index contributed by atoms with van der Waals surface area (Å²) in [4.78, 5) is 10.7. The molecule has 2 heteroatoms. The Kier molecular flexibility index (Phi) is 4.14. The van der Waals surface area contributed by atoms with Crippen molar-refractivity contribution in [1.82, 2.24) is 0 Å². The van der Waals surface area contributed by atoms with Crippen LogP contribution >= 0.6 is 0 Å². The molecule has 66 valence electrons. The first-order chi connectivity index (χ1) is 5.56. The summed E-state index contributed by atoms with van der Waals surface area (Å²) < 4.78 is 0. The Morgan fingerprint density at radius 2 is 2.33 bits per heavy atom. The van der Waals surface area contributed by atoms with E-state index in [-0.39, 0.29) is 0 Å². The molecule has 0 spiro atoms. The van der Waals surface area contributed by atoms with Crippen molar-refractivity contribution in [3.63, 3.8) is 0 Å². The van der Waals surface area contributed by atoms with Crippen molar-refractivity contribution >= 4 is 5.97 Å². The number of carboxylic acid groups (broad SMARTS) is 1. The van der Waals surface area contributed by atoms with Gasteiger partial charge in [0.2, 0.25) is 0 Å². The topological polar surface area (TPSA) is 37.3 Å². The molecule has 0 fully saturated rings. The number of rotatable bonds is 4. The molecule has 0 aliphatic rings. The Labute approximate surface area is 73.3 Å². The third-order valence-corrected chi connectivity index (χ3v) is 1.89. The minimum Gasteiger partial charge on any atom is -0.481 e. The molecule has 0 bridgehead atoms. The molecule has 0 aromatic rings. The molecule has 0 saturated carbocycles. The Hall–Kier alpha value is -1.23. The van der Waals surface area contributed by atoms with E-state index in [9.17, 15) is 4.79 Å². The van der Waals surface area contributed by atoms with Crippen LogP contribution in [0.4, 0.5) is 0 Å². The van der Waals surface area contributed by atoms with Crippen LogP contribution in [0, 0.1) is 17.3 Å². The standard InChI is InChI=1S/C10H14O2/c1-4-6-7-8-10(3,5-2)9(11)12/h5H,2,7-8H2,1,3H3,(H,11,12). The fourth-order valence-electron chi connectivity index (χ4n) is 0.743. The Morgan fingerprint density at radius 1 is 1.75 bits per heavy atom. The fraction of sp³-hybridized carbons (Fsp3) is 0.500. The van der Waals surface area contributed by atoms with Gasteiger partial charge in [0.05, 0.1) is 5.41 Å². The molecule has 1 unspecified atom stereocenters. The number of hydrogen-bond acceptors (Lipinski definition) is 1. The van der Waals surface area contributed by atoms with Gasteiger partial charge in [-0.25, -0.2) is 0 Å². The van der Waals surface area contributed by atoms with Gasteiger partial charge in [0.1, 0.15) is 0 Å². The van der Waals surface area contributed by atoms with E-state index in [1.807, 2.05) is 0 Å². The van der Waals surface area contributed by atoms with Gasteiger partial charge in [0, 0.05) is 6.42 Å². The van der Waals surface area contributed by atoms with Crippen LogP contribution < -0.4 is 0 Å². The summed E-state index contributed by atoms with van der Waals surface area (Å²) in [5, 5.41) is 8.81. The molecule has 0 aromatic heterocycles. The Bertz CT molecular complexity index is 232. The minimum absolute atomic E-state index is 0.521. The van der Waals surface area contributed by atoms with Crippen molar-refractivity contribution in [1.29, 1.82) is 0 Å². The van der Waals surface area contributed by atoms with Crippen molar-refractivity contribution in [3.8, 4) is 11.8 Å². The van der Waals surface area contributed by atoms with Crippen LogP contribution in [0.2, 0.25) is 0 Å². The summed E-state index contributed by atoms with van der Waals surface area (Å²) >= 11 is 0. The lowest BCUT2D eigenvalue weighted by atomic mass is 9.86. The third-order valence-electron chi connectivity index (χ3n) is 1.89. The first-order valence-electron chi connectivity index (χ1n) is 3.83. The zero-order valence-corrected chi connectivity index (χ0v) is 7.55. The summed E-state index contributed by atoms with van der Waals surface area (Å²) in [7, 11) is 0. The van der Waals surface area contributed by atoms with Crippen LogP contribution in [-0.2, 0) is 4.79 Å². The largest absolute Gasteiger partial charge is 0.481 e. The summed E-state index contributed by atoms with van der Waals surface area (Å²) in [6.45, 7) is 6.90. The van der Waals surface area contributed by atoms with E-state index in [0.29, 0.717) is 12.8 Å². The van der Waals surface area contributed by atoms with Crippen LogP contribution in [0.25, 0.3) is 0 Å². The molecule has 12 heavy (non-hydrogen) atoms. The van der Waals surface area contributed by atoms with E-state index in [0.717, 1.165) is 0 Å². The van der Waals surface area contributed by atoms with Gasteiger partial charge >= 0.3 is 5.97 Å². The molecule has 0 rings (SSSR count). The molecule has 0 amide bonds. The molecule has 0 heterocycles. The van der Waals surface area contributed by atoms with Crippen LogP contribution in [0.15, 0.2) is 12.7 Å². The lowest BCUT2D eigenvalue weighted by molar-refractivity contribution is -0.145. The van der Waals surface area contributed by atoms with Gasteiger partial charge in [-0.3, -0.25) is 4.79 Å². The SMILES string of the molecule is C=CC(C)(CCC#CC)C(=O)O. The lowest BCUT2D eigenvalue weighted by Crippen LogP contribution is -2.24. The molecule has 0 saturated heterocycles. The highest BCUT2D eigenvalue weighted by atomic mass is 16.4. The number of carboxylic acids is 1. The maximum Gasteiger partial charge on any atom is 0.313 e. The van der Waals surface area contributed by atoms with Gasteiger partial charge in [0.15, 0.2) is 0 Å². The number of aliphatic carboxylic acids is 1. The molecule has 0 aliphatic carbocycles. The lowest BCUT2D eigenvalue weighted by Gasteiger charge is -2.18. The Morgan fingerprint density at radius 3 is 2.67 bits per heavy atom. The highest BCUT2D eigenvalue weighted by Crippen LogP contribution is 2.24. The molecule has 2 nitrogen and oxygen atoms in total. The number of carbonyl (C=O) groups is 1. The van der Waals surface area contributed by atoms with Crippen LogP contribution in [0.5, 0.6) is 0 Å². The normalized spacial score (nSPS) is 13.8. The number of hydrogen-bond donors (Lipinski definition) is 1. The van der Waals surface area contributed by atoms with Gasteiger partial charge in [-0.15, -0.1) is 18.4 Å². The predicted molar refractivity (Wildman–Crippen MR) is 48.6 cm³/mol. The van der Waals surface area contributed by atoms with E-state index in [1.54, 1.807) is 13.8 Å². The molecular weight excluding hydrogens is 152 g/mol. The summed E-state index contributed by atoms with van der Waals surface area (Å²) in [6, 6.07) is 0. The zero-order chi connectivity index (χ0) is 9.61. The second-order valence-electron chi connectivity index (χ2n) is 2.85. The van der Waals surface area contributed by atoms with E-state index < -0.39 is 11.4 Å². The van der Waals surface area contributed by atoms with Crippen molar-refractivity contribution < 1.29 is 9.90 Å². The predicted octanol–water partition coefficient (Wildman–Crippen LogP) is 2.07. The second kappa shape index (κ2) is 4.61. The van der Waals surface area contributed by atoms with Gasteiger partial charge < -0.3 is 5.11 Å². The zero-order valence-electron chi connectivity index (χ0n) is 7.55. The van der Waals surface area contributed by atoms with E-state index >= 15 is 0 Å². The van der Waals surface area contributed by atoms with Gasteiger partial charge in [-0.1, -0.05) is 6.08 Å². The minimum atomic E-state index is -0.838. The first kappa shape index (κ1) is 10.8. The summed E-state index contributed by atoms with van der Waals surface area (Å²) in [5.74, 6) is 4.72. The summed E-state index contributed by atoms with van der Waals surface area (Å²) in [6.07, 6.45) is 2.59. The molecule has 1 atom stereocenters. The van der Waals surface area contributed by atoms with E-state index in [2.05, 4.69) is 18.4 Å². The maximum absolute atomic E-state index is 10.7. The smallest absolute Gasteiger partial charge is 0.313 e. The molecule has 0 aliphatic heterocycles. The highest BCUT2D eigenvalue weighted by molar-refractivity contribution is 5.76. The van der Waals surface area contributed by atoms with Crippen LogP contribution in [0.1, 0.15) is 26.7 Å². The molecule has 0 aromatic carbocycles. The van der Waals surface area contributed by atoms with Crippen molar-refractivity contribution in [2.24, 2.45) is 5.41 Å². The van der Waals surface area contributed by atoms with E-state index in [1.165, 1.54) is 6.08 Å². The van der Waals surface area contributed by atoms with Crippen molar-refractivity contribution in [2.45, 2.75) is 26.7 Å². The molecule has 0 radical (unpaired) electrons. The highest BCUT2D eigenvalue weighted by Gasteiger charge is 2.28. The van der Waals surface area contributed by atoms with Gasteiger partial charge in [-0.2, -0.15) is 0 Å². The van der Waals surface area contributed by atoms with Gasteiger partial charge in [-0.05, 0) is 20.3 Å².